The highest BCUT2D eigenvalue weighted by atomic mass is 16.5. The summed E-state index contributed by atoms with van der Waals surface area (Å²) >= 11 is 0. The van der Waals surface area contributed by atoms with Crippen molar-refractivity contribution in [1.82, 2.24) is 9.55 Å². The second-order valence-corrected chi connectivity index (χ2v) is 10.1. The standard InChI is InChI=1S/C33H48N2O2/c1-2-3-4-5-11-14-27-36-32-20-16-30(17-21-32)31-18-22-33(23-19-31)37-28-15-12-9-7-6-8-10-13-25-35-26-24-34-29-35/h16-24,26,29H,2-15,25,27-28H2,1H3. The van der Waals surface area contributed by atoms with Crippen molar-refractivity contribution in [2.45, 2.75) is 103 Å². The van der Waals surface area contributed by atoms with Gasteiger partial charge >= 0.3 is 0 Å². The zero-order chi connectivity index (χ0) is 25.8. The number of ether oxygens (including phenoxy) is 2. The first-order chi connectivity index (χ1) is 18.3. The zero-order valence-electron chi connectivity index (χ0n) is 23.1. The topological polar surface area (TPSA) is 36.3 Å². The van der Waals surface area contributed by atoms with Crippen molar-refractivity contribution in [1.29, 1.82) is 0 Å². The second kappa shape index (κ2) is 18.5. The molecule has 3 rings (SSSR count). The fourth-order valence-corrected chi connectivity index (χ4v) is 4.63. The van der Waals surface area contributed by atoms with Crippen LogP contribution in [0.3, 0.4) is 0 Å². The third-order valence-corrected chi connectivity index (χ3v) is 6.95. The lowest BCUT2D eigenvalue weighted by Gasteiger charge is -2.09. The predicted molar refractivity (Wildman–Crippen MR) is 155 cm³/mol. The molecule has 202 valence electrons. The molecule has 0 unspecified atom stereocenters. The Morgan fingerprint density at radius 1 is 0.568 bits per heavy atom. The summed E-state index contributed by atoms with van der Waals surface area (Å²) in [7, 11) is 0. The highest BCUT2D eigenvalue weighted by Gasteiger charge is 2.01. The molecule has 0 aliphatic rings. The van der Waals surface area contributed by atoms with E-state index in [4.69, 9.17) is 9.47 Å². The third-order valence-electron chi connectivity index (χ3n) is 6.95. The molecule has 0 saturated heterocycles. The largest absolute Gasteiger partial charge is 0.494 e. The van der Waals surface area contributed by atoms with Crippen LogP contribution >= 0.6 is 0 Å². The van der Waals surface area contributed by atoms with E-state index >= 15 is 0 Å². The predicted octanol–water partition coefficient (Wildman–Crippen LogP) is 9.49. The first-order valence-electron chi connectivity index (χ1n) is 14.8. The third kappa shape index (κ3) is 12.4. The molecule has 1 heterocycles. The van der Waals surface area contributed by atoms with Gasteiger partial charge in [-0.3, -0.25) is 0 Å². The molecule has 0 N–H and O–H groups in total. The number of unbranched alkanes of at least 4 members (excludes halogenated alkanes) is 12. The summed E-state index contributed by atoms with van der Waals surface area (Å²) in [5.74, 6) is 1.92. The highest BCUT2D eigenvalue weighted by molar-refractivity contribution is 5.64. The minimum Gasteiger partial charge on any atom is -0.494 e. The number of nitrogens with zero attached hydrogens (tertiary/aromatic N) is 2. The Labute approximate surface area is 225 Å². The van der Waals surface area contributed by atoms with Crippen LogP contribution in [0, 0.1) is 0 Å². The molecule has 0 amide bonds. The van der Waals surface area contributed by atoms with E-state index in [9.17, 15) is 0 Å². The van der Waals surface area contributed by atoms with Gasteiger partial charge in [-0.1, -0.05) is 102 Å². The number of hydrogen-bond acceptors (Lipinski definition) is 3. The molecule has 4 nitrogen and oxygen atoms in total. The Kier molecular flexibility index (Phi) is 14.4. The van der Waals surface area contributed by atoms with E-state index in [0.29, 0.717) is 0 Å². The maximum absolute atomic E-state index is 5.97. The summed E-state index contributed by atoms with van der Waals surface area (Å²) in [4.78, 5) is 4.09. The second-order valence-electron chi connectivity index (χ2n) is 10.1. The smallest absolute Gasteiger partial charge is 0.119 e. The van der Waals surface area contributed by atoms with Gasteiger partial charge in [0.25, 0.3) is 0 Å². The van der Waals surface area contributed by atoms with Crippen LogP contribution < -0.4 is 9.47 Å². The molecular weight excluding hydrogens is 456 g/mol. The Morgan fingerprint density at radius 3 is 1.49 bits per heavy atom. The Hall–Kier alpha value is -2.75. The van der Waals surface area contributed by atoms with Crippen molar-refractivity contribution in [3.05, 3.63) is 67.3 Å². The number of rotatable bonds is 21. The highest BCUT2D eigenvalue weighted by Crippen LogP contribution is 2.25. The summed E-state index contributed by atoms with van der Waals surface area (Å²) in [6.07, 6.45) is 23.8. The van der Waals surface area contributed by atoms with E-state index in [1.165, 1.54) is 88.2 Å². The SMILES string of the molecule is CCCCCCCCOc1ccc(-c2ccc(OCCCCCCCCCCn3ccnc3)cc2)cc1. The number of hydrogen-bond donors (Lipinski definition) is 0. The molecule has 0 aliphatic carbocycles. The summed E-state index contributed by atoms with van der Waals surface area (Å²) in [6, 6.07) is 16.9. The van der Waals surface area contributed by atoms with Gasteiger partial charge in [0.1, 0.15) is 11.5 Å². The Bertz CT molecular complexity index is 920. The van der Waals surface area contributed by atoms with Crippen LogP contribution in [-0.2, 0) is 6.54 Å². The molecule has 2 aromatic carbocycles. The molecule has 4 heteroatoms. The van der Waals surface area contributed by atoms with Gasteiger partial charge in [-0.15, -0.1) is 0 Å². The van der Waals surface area contributed by atoms with Gasteiger partial charge in [-0.2, -0.15) is 0 Å². The maximum atomic E-state index is 5.97. The normalized spacial score (nSPS) is 11.1. The van der Waals surface area contributed by atoms with Crippen LogP contribution in [0.2, 0.25) is 0 Å². The molecular formula is C33H48N2O2. The summed E-state index contributed by atoms with van der Waals surface area (Å²) in [5.41, 5.74) is 2.42. The first kappa shape index (κ1) is 28.8. The molecule has 1 aromatic heterocycles. The number of aryl methyl sites for hydroxylation is 1. The van der Waals surface area contributed by atoms with Crippen LogP contribution in [0.25, 0.3) is 11.1 Å². The van der Waals surface area contributed by atoms with Gasteiger partial charge < -0.3 is 14.0 Å². The van der Waals surface area contributed by atoms with Gasteiger partial charge in [0.2, 0.25) is 0 Å². The van der Waals surface area contributed by atoms with Gasteiger partial charge in [0, 0.05) is 18.9 Å². The van der Waals surface area contributed by atoms with Crippen LogP contribution in [0.4, 0.5) is 0 Å². The monoisotopic (exact) mass is 504 g/mol. The molecule has 0 spiro atoms. The molecule has 3 aromatic rings. The molecule has 0 radical (unpaired) electrons. The van der Waals surface area contributed by atoms with E-state index in [1.807, 2.05) is 18.7 Å². The summed E-state index contributed by atoms with van der Waals surface area (Å²) in [5, 5.41) is 0. The number of imidazole rings is 1. The van der Waals surface area contributed by atoms with Gasteiger partial charge in [0.05, 0.1) is 19.5 Å². The first-order valence-corrected chi connectivity index (χ1v) is 14.8. The zero-order valence-corrected chi connectivity index (χ0v) is 23.1. The van der Waals surface area contributed by atoms with Gasteiger partial charge in [-0.25, -0.2) is 4.98 Å². The van der Waals surface area contributed by atoms with E-state index < -0.39 is 0 Å². The average molecular weight is 505 g/mol. The van der Waals surface area contributed by atoms with Crippen LogP contribution in [-0.4, -0.2) is 22.8 Å². The number of benzene rings is 2. The molecule has 0 aliphatic heterocycles. The van der Waals surface area contributed by atoms with E-state index in [1.54, 1.807) is 0 Å². The van der Waals surface area contributed by atoms with Gasteiger partial charge in [0.15, 0.2) is 0 Å². The maximum Gasteiger partial charge on any atom is 0.119 e. The number of aromatic nitrogens is 2. The Balaban J connectivity index is 1.20. The van der Waals surface area contributed by atoms with Gasteiger partial charge in [-0.05, 0) is 54.7 Å². The molecule has 0 bridgehead atoms. The molecule has 0 fully saturated rings. The quantitative estimate of drug-likeness (QED) is 0.136. The van der Waals surface area contributed by atoms with E-state index in [0.717, 1.165) is 44.1 Å². The van der Waals surface area contributed by atoms with E-state index in [-0.39, 0.29) is 0 Å². The van der Waals surface area contributed by atoms with Crippen molar-refractivity contribution < 1.29 is 9.47 Å². The fraction of sp³-hybridized carbons (Fsp3) is 0.545. The van der Waals surface area contributed by atoms with Crippen molar-refractivity contribution >= 4 is 0 Å². The average Bonchev–Trinajstić information content (AvgIpc) is 3.46. The van der Waals surface area contributed by atoms with Crippen molar-refractivity contribution in [2.24, 2.45) is 0 Å². The minimum atomic E-state index is 0.800. The molecule has 0 atom stereocenters. The summed E-state index contributed by atoms with van der Waals surface area (Å²) < 4.78 is 14.0. The fourth-order valence-electron chi connectivity index (χ4n) is 4.63. The Morgan fingerprint density at radius 2 is 1.03 bits per heavy atom. The molecule has 37 heavy (non-hydrogen) atoms. The lowest BCUT2D eigenvalue weighted by Crippen LogP contribution is -1.97. The van der Waals surface area contributed by atoms with Crippen molar-refractivity contribution in [2.75, 3.05) is 13.2 Å². The molecule has 0 saturated carbocycles. The lowest BCUT2D eigenvalue weighted by atomic mass is 10.1. The summed E-state index contributed by atoms with van der Waals surface area (Å²) in [6.45, 7) is 4.96. The van der Waals surface area contributed by atoms with Crippen LogP contribution in [0.5, 0.6) is 11.5 Å². The van der Waals surface area contributed by atoms with Crippen LogP contribution in [0.15, 0.2) is 67.3 Å². The van der Waals surface area contributed by atoms with Crippen molar-refractivity contribution in [3.8, 4) is 22.6 Å². The van der Waals surface area contributed by atoms with E-state index in [2.05, 4.69) is 65.0 Å². The lowest BCUT2D eigenvalue weighted by molar-refractivity contribution is 0.304. The minimum absolute atomic E-state index is 0.800. The van der Waals surface area contributed by atoms with Crippen LogP contribution in [0.1, 0.15) is 96.8 Å². The van der Waals surface area contributed by atoms with Crippen molar-refractivity contribution in [3.63, 3.8) is 0 Å².